The third kappa shape index (κ3) is 10.9. The zero-order chi connectivity index (χ0) is 13.1. The van der Waals surface area contributed by atoms with Gasteiger partial charge >= 0.3 is 11.9 Å². The molecule has 0 aliphatic carbocycles. The smallest absolute Gasteiger partial charge is 0.331 e. The average molecular weight is 243 g/mol. The van der Waals surface area contributed by atoms with Gasteiger partial charge in [-0.15, -0.1) is 0 Å². The second-order valence-corrected chi connectivity index (χ2v) is 3.89. The van der Waals surface area contributed by atoms with Crippen molar-refractivity contribution >= 4 is 11.9 Å². The van der Waals surface area contributed by atoms with E-state index < -0.39 is 11.9 Å². The summed E-state index contributed by atoms with van der Waals surface area (Å²) in [6.45, 7) is 1.42. The molecule has 0 saturated carbocycles. The molecule has 5 nitrogen and oxygen atoms in total. The van der Waals surface area contributed by atoms with E-state index in [1.807, 2.05) is 14.1 Å². The lowest BCUT2D eigenvalue weighted by Crippen LogP contribution is -2.13. The van der Waals surface area contributed by atoms with Crippen molar-refractivity contribution in [1.29, 1.82) is 0 Å². The predicted molar refractivity (Wildman–Crippen MR) is 64.5 cm³/mol. The van der Waals surface area contributed by atoms with Crippen LogP contribution in [0.25, 0.3) is 0 Å². The van der Waals surface area contributed by atoms with Gasteiger partial charge in [-0.1, -0.05) is 0 Å². The van der Waals surface area contributed by atoms with Gasteiger partial charge in [-0.3, -0.25) is 0 Å². The lowest BCUT2D eigenvalue weighted by atomic mass is 10.2. The zero-order valence-corrected chi connectivity index (χ0v) is 10.8. The van der Waals surface area contributed by atoms with Crippen molar-refractivity contribution in [2.24, 2.45) is 0 Å². The molecule has 0 unspecified atom stereocenters. The van der Waals surface area contributed by atoms with E-state index in [9.17, 15) is 9.59 Å². The zero-order valence-electron chi connectivity index (χ0n) is 10.8. The van der Waals surface area contributed by atoms with Gasteiger partial charge in [-0.25, -0.2) is 9.59 Å². The number of nitrogens with zero attached hydrogens (tertiary/aromatic N) is 1. The van der Waals surface area contributed by atoms with Crippen molar-refractivity contribution in [2.45, 2.75) is 19.3 Å². The summed E-state index contributed by atoms with van der Waals surface area (Å²) in [5.41, 5.74) is 0. The predicted octanol–water partition coefficient (Wildman–Crippen LogP) is 0.991. The highest BCUT2D eigenvalue weighted by molar-refractivity contribution is 5.91. The van der Waals surface area contributed by atoms with Crippen molar-refractivity contribution in [3.63, 3.8) is 0 Å². The Morgan fingerprint density at radius 3 is 2.29 bits per heavy atom. The Labute approximate surface area is 102 Å². The topological polar surface area (TPSA) is 55.8 Å². The minimum atomic E-state index is -0.562. The molecule has 5 heteroatoms. The molecular weight excluding hydrogens is 222 g/mol. The molecule has 0 N–H and O–H groups in total. The van der Waals surface area contributed by atoms with E-state index in [-0.39, 0.29) is 0 Å². The van der Waals surface area contributed by atoms with Crippen LogP contribution in [0, 0.1) is 0 Å². The highest BCUT2D eigenvalue weighted by Gasteiger charge is 1.99. The molecule has 0 amide bonds. The molecule has 0 atom stereocenters. The molecule has 0 fully saturated rings. The highest BCUT2D eigenvalue weighted by Crippen LogP contribution is 1.97. The van der Waals surface area contributed by atoms with Crippen molar-refractivity contribution in [1.82, 2.24) is 4.90 Å². The van der Waals surface area contributed by atoms with E-state index in [0.717, 1.165) is 38.0 Å². The van der Waals surface area contributed by atoms with Crippen LogP contribution in [0.1, 0.15) is 19.3 Å². The van der Waals surface area contributed by atoms with Crippen LogP contribution < -0.4 is 0 Å². The quantitative estimate of drug-likeness (QED) is 0.361. The van der Waals surface area contributed by atoms with E-state index in [0.29, 0.717) is 6.61 Å². The average Bonchev–Trinajstić information content (AvgIpc) is 2.30. The van der Waals surface area contributed by atoms with Crippen LogP contribution in [0.15, 0.2) is 12.2 Å². The normalized spacial score (nSPS) is 10.8. The fourth-order valence-electron chi connectivity index (χ4n) is 1.13. The maximum atomic E-state index is 11.1. The third-order valence-electron chi connectivity index (χ3n) is 2.05. The molecule has 98 valence electrons. The lowest BCUT2D eigenvalue weighted by molar-refractivity contribution is -0.139. The maximum Gasteiger partial charge on any atom is 0.331 e. The van der Waals surface area contributed by atoms with E-state index in [1.165, 1.54) is 7.11 Å². The van der Waals surface area contributed by atoms with Gasteiger partial charge in [0.05, 0.1) is 13.7 Å². The van der Waals surface area contributed by atoms with E-state index in [1.54, 1.807) is 0 Å². The van der Waals surface area contributed by atoms with Crippen LogP contribution in [-0.2, 0) is 19.1 Å². The summed E-state index contributed by atoms with van der Waals surface area (Å²) in [6.07, 6.45) is 5.07. The van der Waals surface area contributed by atoms with Gasteiger partial charge in [0, 0.05) is 12.2 Å². The third-order valence-corrected chi connectivity index (χ3v) is 2.05. The summed E-state index contributed by atoms with van der Waals surface area (Å²) in [4.78, 5) is 23.9. The van der Waals surface area contributed by atoms with E-state index in [2.05, 4.69) is 9.64 Å². The number of carbonyl (C=O) groups excluding carboxylic acids is 2. The minimum absolute atomic E-state index is 0.387. The van der Waals surface area contributed by atoms with Crippen LogP contribution in [0.2, 0.25) is 0 Å². The summed E-state index contributed by atoms with van der Waals surface area (Å²) in [5.74, 6) is -1.07. The highest BCUT2D eigenvalue weighted by atomic mass is 16.5. The van der Waals surface area contributed by atoms with E-state index in [4.69, 9.17) is 4.74 Å². The van der Waals surface area contributed by atoms with Gasteiger partial charge in [0.2, 0.25) is 0 Å². The van der Waals surface area contributed by atoms with Crippen LogP contribution in [-0.4, -0.2) is 51.2 Å². The van der Waals surface area contributed by atoms with Crippen LogP contribution in [0.4, 0.5) is 0 Å². The molecule has 0 saturated heterocycles. The fourth-order valence-corrected chi connectivity index (χ4v) is 1.13. The first-order valence-electron chi connectivity index (χ1n) is 5.63. The van der Waals surface area contributed by atoms with Crippen LogP contribution >= 0.6 is 0 Å². The summed E-state index contributed by atoms with van der Waals surface area (Å²) < 4.78 is 9.24. The molecule has 17 heavy (non-hydrogen) atoms. The second kappa shape index (κ2) is 9.84. The molecule has 0 spiro atoms. The Kier molecular flexibility index (Phi) is 9.05. The van der Waals surface area contributed by atoms with Gasteiger partial charge in [-0.2, -0.15) is 0 Å². The van der Waals surface area contributed by atoms with Gasteiger partial charge in [0.15, 0.2) is 0 Å². The Bertz CT molecular complexity index is 261. The molecule has 0 aliphatic rings. The molecular formula is C12H21NO4. The van der Waals surface area contributed by atoms with Gasteiger partial charge in [-0.05, 0) is 39.9 Å². The molecule has 0 aromatic heterocycles. The number of hydrogen-bond acceptors (Lipinski definition) is 5. The number of rotatable bonds is 8. The van der Waals surface area contributed by atoms with Crippen LogP contribution in [0.3, 0.4) is 0 Å². The summed E-state index contributed by atoms with van der Waals surface area (Å²) in [7, 11) is 5.30. The van der Waals surface area contributed by atoms with Gasteiger partial charge in [0.1, 0.15) is 0 Å². The molecule has 0 heterocycles. The molecule has 0 radical (unpaired) electrons. The Morgan fingerprint density at radius 1 is 1.06 bits per heavy atom. The van der Waals surface area contributed by atoms with Crippen LogP contribution in [0.5, 0.6) is 0 Å². The number of unbranched alkanes of at least 4 members (excludes halogenated alkanes) is 2. The Hall–Kier alpha value is -1.36. The molecule has 0 rings (SSSR count). The number of hydrogen-bond donors (Lipinski definition) is 0. The minimum Gasteiger partial charge on any atom is -0.466 e. The van der Waals surface area contributed by atoms with Crippen molar-refractivity contribution in [3.05, 3.63) is 12.2 Å². The molecule has 0 bridgehead atoms. The molecule has 0 aromatic carbocycles. The first kappa shape index (κ1) is 15.6. The standard InChI is InChI=1S/C12H21NO4/c1-13(2)9-5-4-6-10-17-12(15)8-7-11(14)16-3/h7-8H,4-6,9-10H2,1-3H3/b8-7+. The summed E-state index contributed by atoms with van der Waals surface area (Å²) >= 11 is 0. The van der Waals surface area contributed by atoms with E-state index >= 15 is 0 Å². The number of methoxy groups -OCH3 is 1. The fraction of sp³-hybridized carbons (Fsp3) is 0.667. The second-order valence-electron chi connectivity index (χ2n) is 3.89. The first-order valence-corrected chi connectivity index (χ1v) is 5.63. The van der Waals surface area contributed by atoms with Gasteiger partial charge in [0.25, 0.3) is 0 Å². The Balaban J connectivity index is 3.45. The molecule has 0 aromatic rings. The molecule has 0 aliphatic heterocycles. The van der Waals surface area contributed by atoms with Crippen molar-refractivity contribution in [2.75, 3.05) is 34.4 Å². The summed E-state index contributed by atoms with van der Waals surface area (Å²) in [5, 5.41) is 0. The number of carbonyl (C=O) groups is 2. The Morgan fingerprint density at radius 2 is 1.71 bits per heavy atom. The van der Waals surface area contributed by atoms with Crippen molar-refractivity contribution in [3.8, 4) is 0 Å². The SMILES string of the molecule is COC(=O)/C=C/C(=O)OCCCCCN(C)C. The van der Waals surface area contributed by atoms with Crippen molar-refractivity contribution < 1.29 is 19.1 Å². The number of esters is 2. The largest absolute Gasteiger partial charge is 0.466 e. The van der Waals surface area contributed by atoms with Gasteiger partial charge < -0.3 is 14.4 Å². The monoisotopic (exact) mass is 243 g/mol. The maximum absolute atomic E-state index is 11.1. The first-order chi connectivity index (χ1) is 8.06. The summed E-state index contributed by atoms with van der Waals surface area (Å²) in [6, 6.07) is 0. The number of ether oxygens (including phenoxy) is 2. The lowest BCUT2D eigenvalue weighted by Gasteiger charge is -2.08.